The van der Waals surface area contributed by atoms with Gasteiger partial charge in [0.1, 0.15) is 5.82 Å². The molecule has 0 spiro atoms. The predicted molar refractivity (Wildman–Crippen MR) is 74.0 cm³/mol. The van der Waals surface area contributed by atoms with Gasteiger partial charge >= 0.3 is 0 Å². The van der Waals surface area contributed by atoms with Crippen molar-refractivity contribution in [1.29, 1.82) is 0 Å². The van der Waals surface area contributed by atoms with Crippen molar-refractivity contribution in [3.63, 3.8) is 0 Å². The maximum atomic E-state index is 6.02. The summed E-state index contributed by atoms with van der Waals surface area (Å²) in [4.78, 5) is 0. The van der Waals surface area contributed by atoms with Crippen molar-refractivity contribution in [2.45, 2.75) is 39.0 Å². The molecule has 2 N–H and O–H groups in total. The van der Waals surface area contributed by atoms with Gasteiger partial charge in [0.15, 0.2) is 0 Å². The van der Waals surface area contributed by atoms with Crippen molar-refractivity contribution in [3.8, 4) is 5.69 Å². The summed E-state index contributed by atoms with van der Waals surface area (Å²) in [6.45, 7) is 2.21. The average Bonchev–Trinajstić information content (AvgIpc) is 2.95. The summed E-state index contributed by atoms with van der Waals surface area (Å²) in [6, 6.07) is 8.52. The second kappa shape index (κ2) is 4.48. The number of hydrogen-bond donors (Lipinski definition) is 1. The van der Waals surface area contributed by atoms with E-state index >= 15 is 0 Å². The highest BCUT2D eigenvalue weighted by molar-refractivity contribution is 5.51. The van der Waals surface area contributed by atoms with Crippen LogP contribution >= 0.6 is 0 Å². The minimum Gasteiger partial charge on any atom is -0.382 e. The van der Waals surface area contributed by atoms with Gasteiger partial charge in [0.25, 0.3) is 0 Å². The largest absolute Gasteiger partial charge is 0.382 e. The molecule has 0 bridgehead atoms. The van der Waals surface area contributed by atoms with E-state index in [-0.39, 0.29) is 0 Å². The molecule has 0 saturated heterocycles. The van der Waals surface area contributed by atoms with Gasteiger partial charge in [0, 0.05) is 11.3 Å². The SMILES string of the molecule is CCCc1ccccc1-n1nc(N)c2c1CCC2. The zero-order valence-corrected chi connectivity index (χ0v) is 10.8. The van der Waals surface area contributed by atoms with Crippen molar-refractivity contribution in [1.82, 2.24) is 9.78 Å². The fourth-order valence-electron chi connectivity index (χ4n) is 2.86. The van der Waals surface area contributed by atoms with Gasteiger partial charge in [-0.3, -0.25) is 0 Å². The number of benzene rings is 1. The number of nitrogens with zero attached hydrogens (tertiary/aromatic N) is 2. The molecule has 1 aliphatic rings. The third-order valence-electron chi connectivity index (χ3n) is 3.70. The molecule has 2 aromatic rings. The average molecular weight is 241 g/mol. The highest BCUT2D eigenvalue weighted by Gasteiger charge is 2.22. The third kappa shape index (κ3) is 1.70. The summed E-state index contributed by atoms with van der Waals surface area (Å²) in [7, 11) is 0. The van der Waals surface area contributed by atoms with Crippen LogP contribution in [0.5, 0.6) is 0 Å². The first-order valence-electron chi connectivity index (χ1n) is 6.75. The molecule has 3 rings (SSSR count). The van der Waals surface area contributed by atoms with E-state index in [4.69, 9.17) is 5.73 Å². The monoisotopic (exact) mass is 241 g/mol. The van der Waals surface area contributed by atoms with E-state index < -0.39 is 0 Å². The van der Waals surface area contributed by atoms with E-state index in [2.05, 4.69) is 41.0 Å². The molecular formula is C15H19N3. The number of aryl methyl sites for hydroxylation is 1. The van der Waals surface area contributed by atoms with E-state index in [1.165, 1.54) is 28.9 Å². The van der Waals surface area contributed by atoms with Gasteiger partial charge < -0.3 is 5.73 Å². The zero-order valence-electron chi connectivity index (χ0n) is 10.8. The van der Waals surface area contributed by atoms with Crippen LogP contribution in [-0.4, -0.2) is 9.78 Å². The Morgan fingerprint density at radius 2 is 2.11 bits per heavy atom. The van der Waals surface area contributed by atoms with E-state index in [0.717, 1.165) is 25.7 Å². The molecule has 1 aliphatic carbocycles. The number of aromatic nitrogens is 2. The topological polar surface area (TPSA) is 43.8 Å². The van der Waals surface area contributed by atoms with Crippen LogP contribution in [0.15, 0.2) is 24.3 Å². The number of rotatable bonds is 3. The third-order valence-corrected chi connectivity index (χ3v) is 3.70. The lowest BCUT2D eigenvalue weighted by Gasteiger charge is -2.10. The Kier molecular flexibility index (Phi) is 2.82. The Hall–Kier alpha value is -1.77. The molecule has 0 unspecified atom stereocenters. The quantitative estimate of drug-likeness (QED) is 0.898. The lowest BCUT2D eigenvalue weighted by Crippen LogP contribution is -2.05. The molecule has 3 heteroatoms. The van der Waals surface area contributed by atoms with Gasteiger partial charge in [0.05, 0.1) is 5.69 Å². The molecule has 3 nitrogen and oxygen atoms in total. The lowest BCUT2D eigenvalue weighted by molar-refractivity contribution is 0.775. The van der Waals surface area contributed by atoms with Crippen LogP contribution in [0.2, 0.25) is 0 Å². The smallest absolute Gasteiger partial charge is 0.149 e. The summed E-state index contributed by atoms with van der Waals surface area (Å²) in [6.07, 6.45) is 5.62. The Morgan fingerprint density at radius 1 is 1.28 bits per heavy atom. The van der Waals surface area contributed by atoms with E-state index in [0.29, 0.717) is 5.82 Å². The van der Waals surface area contributed by atoms with Crippen LogP contribution in [0.1, 0.15) is 36.6 Å². The molecule has 0 radical (unpaired) electrons. The Bertz CT molecular complexity index is 569. The van der Waals surface area contributed by atoms with Gasteiger partial charge in [-0.2, -0.15) is 5.10 Å². The summed E-state index contributed by atoms with van der Waals surface area (Å²) in [5, 5.41) is 4.54. The first-order valence-corrected chi connectivity index (χ1v) is 6.75. The molecule has 1 aromatic heterocycles. The van der Waals surface area contributed by atoms with Gasteiger partial charge in [-0.15, -0.1) is 0 Å². The number of nitrogen functional groups attached to an aromatic ring is 1. The number of hydrogen-bond acceptors (Lipinski definition) is 2. The molecule has 0 atom stereocenters. The second-order valence-electron chi connectivity index (χ2n) is 4.95. The number of para-hydroxylation sites is 1. The highest BCUT2D eigenvalue weighted by atomic mass is 15.3. The molecular weight excluding hydrogens is 222 g/mol. The minimum atomic E-state index is 0.716. The normalized spacial score (nSPS) is 13.8. The van der Waals surface area contributed by atoms with Gasteiger partial charge in [-0.25, -0.2) is 4.68 Å². The fourth-order valence-corrected chi connectivity index (χ4v) is 2.86. The summed E-state index contributed by atoms with van der Waals surface area (Å²) < 4.78 is 2.07. The Balaban J connectivity index is 2.13. The summed E-state index contributed by atoms with van der Waals surface area (Å²) in [5.41, 5.74) is 11.2. The standard InChI is InChI=1S/C15H19N3/c1-2-6-11-7-3-4-9-13(11)18-14-10-5-8-12(14)15(16)17-18/h3-4,7,9H,2,5-6,8,10H2,1H3,(H2,16,17). The fraction of sp³-hybridized carbons (Fsp3) is 0.400. The lowest BCUT2D eigenvalue weighted by atomic mass is 10.1. The first kappa shape index (κ1) is 11.3. The number of fused-ring (bicyclic) bond motifs is 1. The number of anilines is 1. The Labute approximate surface area is 108 Å². The highest BCUT2D eigenvalue weighted by Crippen LogP contribution is 2.30. The van der Waals surface area contributed by atoms with E-state index in [9.17, 15) is 0 Å². The molecule has 0 amide bonds. The molecule has 94 valence electrons. The van der Waals surface area contributed by atoms with Gasteiger partial charge in [-0.1, -0.05) is 31.5 Å². The van der Waals surface area contributed by atoms with Gasteiger partial charge in [0.2, 0.25) is 0 Å². The molecule has 0 fully saturated rings. The zero-order chi connectivity index (χ0) is 12.5. The van der Waals surface area contributed by atoms with Crippen molar-refractivity contribution in [2.24, 2.45) is 0 Å². The van der Waals surface area contributed by atoms with Crippen molar-refractivity contribution >= 4 is 5.82 Å². The molecule has 0 aliphatic heterocycles. The predicted octanol–water partition coefficient (Wildman–Crippen LogP) is 2.90. The molecule has 18 heavy (non-hydrogen) atoms. The van der Waals surface area contributed by atoms with Crippen LogP contribution in [0.3, 0.4) is 0 Å². The summed E-state index contributed by atoms with van der Waals surface area (Å²) >= 11 is 0. The summed E-state index contributed by atoms with van der Waals surface area (Å²) in [5.74, 6) is 0.716. The maximum absolute atomic E-state index is 6.02. The van der Waals surface area contributed by atoms with Crippen LogP contribution in [0.4, 0.5) is 5.82 Å². The molecule has 0 saturated carbocycles. The van der Waals surface area contributed by atoms with E-state index in [1.807, 2.05) is 0 Å². The van der Waals surface area contributed by atoms with Gasteiger partial charge in [-0.05, 0) is 37.3 Å². The maximum Gasteiger partial charge on any atom is 0.149 e. The molecule has 1 heterocycles. The minimum absolute atomic E-state index is 0.716. The first-order chi connectivity index (χ1) is 8.81. The van der Waals surface area contributed by atoms with Crippen LogP contribution in [-0.2, 0) is 19.3 Å². The van der Waals surface area contributed by atoms with Crippen molar-refractivity contribution in [3.05, 3.63) is 41.1 Å². The number of nitrogens with two attached hydrogens (primary N) is 1. The second-order valence-corrected chi connectivity index (χ2v) is 4.95. The Morgan fingerprint density at radius 3 is 2.94 bits per heavy atom. The van der Waals surface area contributed by atoms with Crippen LogP contribution < -0.4 is 5.73 Å². The molecule has 1 aromatic carbocycles. The van der Waals surface area contributed by atoms with E-state index in [1.54, 1.807) is 0 Å². The van der Waals surface area contributed by atoms with Crippen LogP contribution in [0.25, 0.3) is 5.69 Å². The van der Waals surface area contributed by atoms with Crippen molar-refractivity contribution in [2.75, 3.05) is 5.73 Å². The van der Waals surface area contributed by atoms with Crippen LogP contribution in [0, 0.1) is 0 Å². The van der Waals surface area contributed by atoms with Crippen molar-refractivity contribution < 1.29 is 0 Å².